The molecule has 1 aliphatic carbocycles. The molecular weight excluding hydrogens is 363 g/mol. The Balaban J connectivity index is 0.00000200. The zero-order valence-electron chi connectivity index (χ0n) is 12.3. The summed E-state index contributed by atoms with van der Waals surface area (Å²) in [4.78, 5) is 6.86. The van der Waals surface area contributed by atoms with Crippen molar-refractivity contribution in [3.8, 4) is 0 Å². The number of hydrogen-bond acceptors (Lipinski definition) is 2. The van der Waals surface area contributed by atoms with Gasteiger partial charge in [-0.15, -0.1) is 24.0 Å². The molecule has 0 unspecified atom stereocenters. The molecule has 0 radical (unpaired) electrons. The molecule has 20 heavy (non-hydrogen) atoms. The number of nitrogens with two attached hydrogens (primary N) is 1. The van der Waals surface area contributed by atoms with E-state index in [-0.39, 0.29) is 24.0 Å². The number of hydrogen-bond donors (Lipinski definition) is 2. The second-order valence-electron chi connectivity index (χ2n) is 5.12. The molecule has 5 heteroatoms. The fraction of sp³-hybridized carbons (Fsp3) is 0.533. The van der Waals surface area contributed by atoms with Crippen LogP contribution in [-0.4, -0.2) is 36.5 Å². The molecule has 0 bridgehead atoms. The van der Waals surface area contributed by atoms with E-state index in [0.29, 0.717) is 5.96 Å². The standard InChI is InChI=1S/C15H24N4.HI/c1-3-19(14-8-9-14)11-10-17-15(16)18-13-6-4-12(2)5-7-13;/h4-7,14H,3,8-11H2,1-2H3,(H3,16,17,18);1H. The molecule has 0 aromatic heterocycles. The number of aryl methyl sites for hydroxylation is 1. The zero-order chi connectivity index (χ0) is 13.7. The van der Waals surface area contributed by atoms with Crippen LogP contribution in [0.25, 0.3) is 0 Å². The van der Waals surface area contributed by atoms with E-state index >= 15 is 0 Å². The molecule has 1 fully saturated rings. The van der Waals surface area contributed by atoms with Gasteiger partial charge < -0.3 is 11.1 Å². The van der Waals surface area contributed by atoms with Crippen LogP contribution in [0.1, 0.15) is 25.3 Å². The highest BCUT2D eigenvalue weighted by Crippen LogP contribution is 2.25. The maximum Gasteiger partial charge on any atom is 0.193 e. The van der Waals surface area contributed by atoms with Gasteiger partial charge in [-0.2, -0.15) is 0 Å². The summed E-state index contributed by atoms with van der Waals surface area (Å²) < 4.78 is 0. The van der Waals surface area contributed by atoms with Crippen LogP contribution in [0.2, 0.25) is 0 Å². The minimum absolute atomic E-state index is 0. The predicted octanol–water partition coefficient (Wildman–Crippen LogP) is 2.82. The predicted molar refractivity (Wildman–Crippen MR) is 97.0 cm³/mol. The van der Waals surface area contributed by atoms with Crippen molar-refractivity contribution < 1.29 is 0 Å². The van der Waals surface area contributed by atoms with Crippen molar-refractivity contribution in [1.82, 2.24) is 4.90 Å². The summed E-state index contributed by atoms with van der Waals surface area (Å²) in [5, 5.41) is 3.11. The Morgan fingerprint density at radius 1 is 1.35 bits per heavy atom. The number of aliphatic imine (C=N–C) groups is 1. The van der Waals surface area contributed by atoms with Gasteiger partial charge in [-0.3, -0.25) is 9.89 Å². The fourth-order valence-electron chi connectivity index (χ4n) is 2.16. The summed E-state index contributed by atoms with van der Waals surface area (Å²) in [5.74, 6) is 0.496. The molecule has 2 rings (SSSR count). The van der Waals surface area contributed by atoms with Gasteiger partial charge in [0.25, 0.3) is 0 Å². The SMILES string of the molecule is CCN(CCN=C(N)Nc1ccc(C)cc1)C1CC1.I. The van der Waals surface area contributed by atoms with Crippen molar-refractivity contribution in [3.05, 3.63) is 29.8 Å². The smallest absolute Gasteiger partial charge is 0.193 e. The lowest BCUT2D eigenvalue weighted by Gasteiger charge is -2.18. The molecule has 0 aliphatic heterocycles. The van der Waals surface area contributed by atoms with Gasteiger partial charge in [0.05, 0.1) is 6.54 Å². The number of nitrogens with one attached hydrogen (secondary N) is 1. The molecule has 0 amide bonds. The second kappa shape index (κ2) is 8.46. The summed E-state index contributed by atoms with van der Waals surface area (Å²) in [7, 11) is 0. The Bertz CT molecular complexity index is 426. The monoisotopic (exact) mass is 388 g/mol. The van der Waals surface area contributed by atoms with Gasteiger partial charge in [0.2, 0.25) is 0 Å². The average Bonchev–Trinajstić information content (AvgIpc) is 3.22. The summed E-state index contributed by atoms with van der Waals surface area (Å²) >= 11 is 0. The van der Waals surface area contributed by atoms with Gasteiger partial charge in [0.15, 0.2) is 5.96 Å². The lowest BCUT2D eigenvalue weighted by atomic mass is 10.2. The topological polar surface area (TPSA) is 53.6 Å². The van der Waals surface area contributed by atoms with Gasteiger partial charge in [-0.05, 0) is 38.4 Å². The highest BCUT2D eigenvalue weighted by atomic mass is 127. The largest absolute Gasteiger partial charge is 0.370 e. The summed E-state index contributed by atoms with van der Waals surface area (Å²) in [6, 6.07) is 8.94. The van der Waals surface area contributed by atoms with Crippen molar-refractivity contribution >= 4 is 35.6 Å². The molecule has 4 nitrogen and oxygen atoms in total. The number of benzene rings is 1. The maximum absolute atomic E-state index is 5.88. The number of nitrogens with zero attached hydrogens (tertiary/aromatic N) is 2. The summed E-state index contributed by atoms with van der Waals surface area (Å²) in [6.07, 6.45) is 2.68. The first-order chi connectivity index (χ1) is 9.19. The van der Waals surface area contributed by atoms with E-state index in [4.69, 9.17) is 5.73 Å². The Labute approximate surface area is 138 Å². The van der Waals surface area contributed by atoms with Crippen LogP contribution < -0.4 is 11.1 Å². The first-order valence-corrected chi connectivity index (χ1v) is 7.06. The Kier molecular flexibility index (Phi) is 7.29. The molecule has 0 saturated heterocycles. The van der Waals surface area contributed by atoms with Crippen molar-refractivity contribution in [1.29, 1.82) is 0 Å². The molecule has 1 saturated carbocycles. The number of likely N-dealkylation sites (N-methyl/N-ethyl adjacent to an activating group) is 1. The van der Waals surface area contributed by atoms with Gasteiger partial charge >= 0.3 is 0 Å². The van der Waals surface area contributed by atoms with E-state index in [2.05, 4.69) is 41.2 Å². The summed E-state index contributed by atoms with van der Waals surface area (Å²) in [5.41, 5.74) is 8.11. The number of anilines is 1. The van der Waals surface area contributed by atoms with Crippen LogP contribution >= 0.6 is 24.0 Å². The van der Waals surface area contributed by atoms with Gasteiger partial charge in [0.1, 0.15) is 0 Å². The van der Waals surface area contributed by atoms with Crippen molar-refractivity contribution in [3.63, 3.8) is 0 Å². The molecule has 0 heterocycles. The summed E-state index contributed by atoms with van der Waals surface area (Å²) in [6.45, 7) is 7.13. The molecule has 1 aromatic rings. The van der Waals surface area contributed by atoms with Crippen LogP contribution in [0.15, 0.2) is 29.3 Å². The minimum atomic E-state index is 0. The zero-order valence-corrected chi connectivity index (χ0v) is 14.6. The quantitative estimate of drug-likeness (QED) is 0.448. The number of guanidine groups is 1. The van der Waals surface area contributed by atoms with Gasteiger partial charge in [-0.1, -0.05) is 24.6 Å². The molecule has 3 N–H and O–H groups in total. The van der Waals surface area contributed by atoms with Crippen LogP contribution in [0, 0.1) is 6.92 Å². The van der Waals surface area contributed by atoms with E-state index in [1.54, 1.807) is 0 Å². The first kappa shape index (κ1) is 17.2. The van der Waals surface area contributed by atoms with Crippen molar-refractivity contribution in [2.75, 3.05) is 25.0 Å². The lowest BCUT2D eigenvalue weighted by molar-refractivity contribution is 0.286. The molecule has 112 valence electrons. The molecule has 0 atom stereocenters. The van der Waals surface area contributed by atoms with Crippen LogP contribution in [0.3, 0.4) is 0 Å². The maximum atomic E-state index is 5.88. The van der Waals surface area contributed by atoms with Crippen LogP contribution in [0.5, 0.6) is 0 Å². The van der Waals surface area contributed by atoms with E-state index in [9.17, 15) is 0 Å². The third-order valence-electron chi connectivity index (χ3n) is 3.46. The molecular formula is C15H25IN4. The Hall–Kier alpha value is -0.820. The lowest BCUT2D eigenvalue weighted by Crippen LogP contribution is -2.30. The highest BCUT2D eigenvalue weighted by molar-refractivity contribution is 14.0. The van der Waals surface area contributed by atoms with Crippen LogP contribution in [-0.2, 0) is 0 Å². The highest BCUT2D eigenvalue weighted by Gasteiger charge is 2.26. The third-order valence-corrected chi connectivity index (χ3v) is 3.46. The van der Waals surface area contributed by atoms with Crippen molar-refractivity contribution in [2.45, 2.75) is 32.7 Å². The van der Waals surface area contributed by atoms with E-state index < -0.39 is 0 Å². The number of rotatable bonds is 6. The van der Waals surface area contributed by atoms with E-state index in [1.165, 1.54) is 18.4 Å². The van der Waals surface area contributed by atoms with Crippen LogP contribution in [0.4, 0.5) is 5.69 Å². The van der Waals surface area contributed by atoms with Gasteiger partial charge in [-0.25, -0.2) is 0 Å². The van der Waals surface area contributed by atoms with Crippen molar-refractivity contribution in [2.24, 2.45) is 10.7 Å². The molecule has 1 aliphatic rings. The second-order valence-corrected chi connectivity index (χ2v) is 5.12. The molecule has 1 aromatic carbocycles. The number of halogens is 1. The average molecular weight is 388 g/mol. The molecule has 0 spiro atoms. The van der Waals surface area contributed by atoms with E-state index in [0.717, 1.165) is 31.4 Å². The Morgan fingerprint density at radius 2 is 2.00 bits per heavy atom. The Morgan fingerprint density at radius 3 is 2.55 bits per heavy atom. The fourth-order valence-corrected chi connectivity index (χ4v) is 2.16. The first-order valence-electron chi connectivity index (χ1n) is 7.06. The van der Waals surface area contributed by atoms with Gasteiger partial charge in [0, 0.05) is 18.3 Å². The third kappa shape index (κ3) is 5.66. The normalized spacial score (nSPS) is 15.1. The minimum Gasteiger partial charge on any atom is -0.370 e. The van der Waals surface area contributed by atoms with E-state index in [1.807, 2.05) is 12.1 Å².